The van der Waals surface area contributed by atoms with Crippen molar-refractivity contribution in [3.8, 4) is 17.1 Å². The van der Waals surface area contributed by atoms with Gasteiger partial charge in [-0.15, -0.1) is 0 Å². The van der Waals surface area contributed by atoms with Crippen molar-refractivity contribution in [2.45, 2.75) is 0 Å². The first-order valence-electron chi connectivity index (χ1n) is 8.37. The van der Waals surface area contributed by atoms with Gasteiger partial charge in [-0.1, -0.05) is 23.2 Å². The van der Waals surface area contributed by atoms with E-state index in [0.29, 0.717) is 10.8 Å². The van der Waals surface area contributed by atoms with Gasteiger partial charge in [0.05, 0.1) is 23.4 Å². The van der Waals surface area contributed by atoms with Gasteiger partial charge in [-0.3, -0.25) is 10.1 Å². The third-order valence-corrected chi connectivity index (χ3v) is 4.67. The van der Waals surface area contributed by atoms with Crippen molar-refractivity contribution in [2.75, 3.05) is 12.4 Å². The molecule has 0 aliphatic carbocycles. The van der Waals surface area contributed by atoms with Gasteiger partial charge >= 0.3 is 5.97 Å². The van der Waals surface area contributed by atoms with Crippen LogP contribution in [0.15, 0.2) is 52.9 Å². The highest BCUT2D eigenvalue weighted by atomic mass is 35.5. The second-order valence-electron chi connectivity index (χ2n) is 5.92. The van der Waals surface area contributed by atoms with Crippen LogP contribution in [0.3, 0.4) is 0 Å². The van der Waals surface area contributed by atoms with Crippen molar-refractivity contribution < 1.29 is 23.8 Å². The van der Waals surface area contributed by atoms with Crippen LogP contribution in [0.5, 0.6) is 5.75 Å². The van der Waals surface area contributed by atoms with Crippen LogP contribution in [-0.4, -0.2) is 29.2 Å². The number of carboxylic acid groups (broad SMARTS) is 1. The topological polar surface area (TPSA) is 101 Å². The van der Waals surface area contributed by atoms with Crippen LogP contribution in [0.4, 0.5) is 5.69 Å². The molecule has 0 fully saturated rings. The number of carboxylic acids is 1. The molecule has 0 aliphatic heterocycles. The summed E-state index contributed by atoms with van der Waals surface area (Å²) >= 11 is 17.1. The van der Waals surface area contributed by atoms with Crippen LogP contribution in [0.2, 0.25) is 10.0 Å². The van der Waals surface area contributed by atoms with Crippen molar-refractivity contribution in [3.05, 3.63) is 69.9 Å². The van der Waals surface area contributed by atoms with Gasteiger partial charge in [0.25, 0.3) is 5.91 Å². The molecule has 1 heterocycles. The minimum atomic E-state index is -1.18. The zero-order valence-corrected chi connectivity index (χ0v) is 17.7. The number of anilines is 1. The zero-order chi connectivity index (χ0) is 21.8. The number of hydrogen-bond acceptors (Lipinski definition) is 5. The number of methoxy groups -OCH3 is 1. The molecule has 30 heavy (non-hydrogen) atoms. The van der Waals surface area contributed by atoms with Crippen molar-refractivity contribution in [3.63, 3.8) is 0 Å². The number of benzene rings is 2. The van der Waals surface area contributed by atoms with Crippen LogP contribution >= 0.6 is 35.4 Å². The number of hydrogen-bond donors (Lipinski definition) is 3. The highest BCUT2D eigenvalue weighted by Gasteiger charge is 2.17. The van der Waals surface area contributed by atoms with E-state index in [4.69, 9.17) is 44.6 Å². The summed E-state index contributed by atoms with van der Waals surface area (Å²) in [4.78, 5) is 23.7. The van der Waals surface area contributed by atoms with Gasteiger partial charge in [0.1, 0.15) is 5.76 Å². The predicted octanol–water partition coefficient (Wildman–Crippen LogP) is 5.09. The summed E-state index contributed by atoms with van der Waals surface area (Å²) in [5, 5.41) is 14.9. The molecule has 0 spiro atoms. The largest absolute Gasteiger partial charge is 0.493 e. The normalized spacial score (nSPS) is 10.4. The van der Waals surface area contributed by atoms with Crippen LogP contribution in [0, 0.1) is 0 Å². The molecule has 0 unspecified atom stereocenters. The Bertz CT molecular complexity index is 1130. The quantitative estimate of drug-likeness (QED) is 0.452. The number of rotatable bonds is 5. The lowest BCUT2D eigenvalue weighted by Gasteiger charge is -2.14. The fourth-order valence-electron chi connectivity index (χ4n) is 2.56. The van der Waals surface area contributed by atoms with Crippen molar-refractivity contribution >= 4 is 58.1 Å². The SMILES string of the molecule is COc1c(Cl)cc(C(=O)O)cc1NC(=S)NC(=O)c1ccc(-c2ccc(Cl)cc2)o1. The minimum absolute atomic E-state index is 0.0355. The standard InChI is InChI=1S/C20H14Cl2N2O5S/c1-28-17-13(22)8-11(19(26)27)9-14(17)23-20(30)24-18(25)16-7-6-15(29-16)10-2-4-12(21)5-3-10/h2-9H,1H3,(H,26,27)(H2,23,24,25,30). The van der Waals surface area contributed by atoms with Gasteiger partial charge in [-0.05, 0) is 60.7 Å². The maximum Gasteiger partial charge on any atom is 0.335 e. The fraction of sp³-hybridized carbons (Fsp3) is 0.0500. The highest BCUT2D eigenvalue weighted by Crippen LogP contribution is 2.34. The average molecular weight is 465 g/mol. The average Bonchev–Trinajstić information content (AvgIpc) is 3.18. The molecule has 0 saturated carbocycles. The van der Waals surface area contributed by atoms with E-state index in [2.05, 4.69) is 10.6 Å². The number of amides is 1. The Labute approximate surface area is 186 Å². The Morgan fingerprint density at radius 2 is 1.80 bits per heavy atom. The Morgan fingerprint density at radius 3 is 2.43 bits per heavy atom. The van der Waals surface area contributed by atoms with Crippen LogP contribution in [0.1, 0.15) is 20.9 Å². The lowest BCUT2D eigenvalue weighted by molar-refractivity contribution is 0.0696. The van der Waals surface area contributed by atoms with E-state index in [0.717, 1.165) is 5.56 Å². The Kier molecular flexibility index (Phi) is 6.61. The van der Waals surface area contributed by atoms with Crippen LogP contribution in [-0.2, 0) is 0 Å². The molecular weight excluding hydrogens is 451 g/mol. The number of aromatic carboxylic acids is 1. The Morgan fingerprint density at radius 1 is 1.10 bits per heavy atom. The van der Waals surface area contributed by atoms with Gasteiger partial charge in [0, 0.05) is 10.6 Å². The number of nitrogens with one attached hydrogen (secondary N) is 2. The summed E-state index contributed by atoms with van der Waals surface area (Å²) in [6.07, 6.45) is 0. The molecule has 2 aromatic carbocycles. The summed E-state index contributed by atoms with van der Waals surface area (Å²) in [6, 6.07) is 12.6. The molecule has 0 bridgehead atoms. The summed E-state index contributed by atoms with van der Waals surface area (Å²) in [5.74, 6) is -1.07. The summed E-state index contributed by atoms with van der Waals surface area (Å²) < 4.78 is 10.7. The molecule has 1 aromatic heterocycles. The third kappa shape index (κ3) is 4.91. The first-order chi connectivity index (χ1) is 14.3. The molecule has 0 saturated heterocycles. The first-order valence-corrected chi connectivity index (χ1v) is 9.54. The van der Waals surface area contributed by atoms with E-state index in [-0.39, 0.29) is 32.9 Å². The van der Waals surface area contributed by atoms with E-state index >= 15 is 0 Å². The monoisotopic (exact) mass is 464 g/mol. The Balaban J connectivity index is 1.73. The molecule has 0 radical (unpaired) electrons. The second-order valence-corrected chi connectivity index (χ2v) is 7.17. The van der Waals surface area contributed by atoms with Gasteiger partial charge in [-0.2, -0.15) is 0 Å². The van der Waals surface area contributed by atoms with E-state index in [1.165, 1.54) is 25.3 Å². The molecule has 3 N–H and O–H groups in total. The van der Waals surface area contributed by atoms with Crippen molar-refractivity contribution in [2.24, 2.45) is 0 Å². The number of carbonyl (C=O) groups excluding carboxylic acids is 1. The summed E-state index contributed by atoms with van der Waals surface area (Å²) in [5.41, 5.74) is 0.870. The molecule has 7 nitrogen and oxygen atoms in total. The molecule has 3 aromatic rings. The van der Waals surface area contributed by atoms with E-state index < -0.39 is 11.9 Å². The summed E-state index contributed by atoms with van der Waals surface area (Å²) in [6.45, 7) is 0. The maximum absolute atomic E-state index is 12.4. The van der Waals surface area contributed by atoms with E-state index in [1.54, 1.807) is 30.3 Å². The second kappa shape index (κ2) is 9.17. The fourth-order valence-corrected chi connectivity index (χ4v) is 3.19. The first kappa shape index (κ1) is 21.6. The smallest absolute Gasteiger partial charge is 0.335 e. The van der Waals surface area contributed by atoms with E-state index in [1.807, 2.05) is 0 Å². The molecule has 10 heteroatoms. The molecule has 1 amide bonds. The predicted molar refractivity (Wildman–Crippen MR) is 118 cm³/mol. The molecular formula is C20H14Cl2N2O5S. The lowest BCUT2D eigenvalue weighted by atomic mass is 10.2. The molecule has 154 valence electrons. The lowest BCUT2D eigenvalue weighted by Crippen LogP contribution is -2.34. The number of halogens is 2. The number of carbonyl (C=O) groups is 2. The van der Waals surface area contributed by atoms with Crippen LogP contribution < -0.4 is 15.4 Å². The number of furan rings is 1. The maximum atomic E-state index is 12.4. The zero-order valence-electron chi connectivity index (χ0n) is 15.4. The van der Waals surface area contributed by atoms with Gasteiger partial charge in [-0.25, -0.2) is 4.79 Å². The van der Waals surface area contributed by atoms with Gasteiger partial charge < -0.3 is 19.6 Å². The number of thiocarbonyl (C=S) groups is 1. The van der Waals surface area contributed by atoms with Crippen LogP contribution in [0.25, 0.3) is 11.3 Å². The van der Waals surface area contributed by atoms with E-state index in [9.17, 15) is 14.7 Å². The molecule has 0 atom stereocenters. The number of ether oxygens (including phenoxy) is 1. The molecule has 0 aliphatic rings. The van der Waals surface area contributed by atoms with Crippen molar-refractivity contribution in [1.29, 1.82) is 0 Å². The third-order valence-electron chi connectivity index (χ3n) is 3.93. The highest BCUT2D eigenvalue weighted by molar-refractivity contribution is 7.80. The summed E-state index contributed by atoms with van der Waals surface area (Å²) in [7, 11) is 1.37. The Hall–Kier alpha value is -3.07. The van der Waals surface area contributed by atoms with Gasteiger partial charge in [0.15, 0.2) is 16.6 Å². The minimum Gasteiger partial charge on any atom is -0.493 e. The molecule has 3 rings (SSSR count). The van der Waals surface area contributed by atoms with Gasteiger partial charge in [0.2, 0.25) is 0 Å². The van der Waals surface area contributed by atoms with Crippen molar-refractivity contribution in [1.82, 2.24) is 5.32 Å².